The summed E-state index contributed by atoms with van der Waals surface area (Å²) in [6, 6.07) is 9.12. The lowest BCUT2D eigenvalue weighted by Crippen LogP contribution is -2.47. The predicted molar refractivity (Wildman–Crippen MR) is 185 cm³/mol. The lowest BCUT2D eigenvalue weighted by Gasteiger charge is -2.40. The van der Waals surface area contributed by atoms with Crippen molar-refractivity contribution >= 4 is 28.6 Å². The van der Waals surface area contributed by atoms with Gasteiger partial charge in [-0.3, -0.25) is 9.36 Å². The van der Waals surface area contributed by atoms with Gasteiger partial charge < -0.3 is 28.4 Å². The Bertz CT molecular complexity index is 1400. The standard InChI is InChI=1S/C33H52N5O6PSi/c1-22(2)38(23(3)4)45(41-19-18-34-10)42-21-27-25(6)28(44-46(11,12)33(7,8)9)31(43-27)37-20-24(5)29(36-32(37)40)35-30(39)26-16-14-13-15-17-26/h13-17,20,22-23,25,27-28,31H,18-19,21H2,1-9,11-12H3,(H,35,36,39,40)/t25-,27-,28-,31-,45?/m1/s1. The molecule has 254 valence electrons. The Labute approximate surface area is 276 Å². The van der Waals surface area contributed by atoms with E-state index < -0.39 is 41.0 Å². The number of nitrogens with zero attached hydrogens (tertiary/aromatic N) is 4. The first kappa shape index (κ1) is 38.0. The van der Waals surface area contributed by atoms with Crippen molar-refractivity contribution in [2.75, 3.05) is 25.1 Å². The van der Waals surface area contributed by atoms with Gasteiger partial charge in [-0.15, -0.1) is 0 Å². The van der Waals surface area contributed by atoms with E-state index in [-0.39, 0.29) is 54.5 Å². The van der Waals surface area contributed by atoms with Gasteiger partial charge >= 0.3 is 5.69 Å². The van der Waals surface area contributed by atoms with Crippen molar-refractivity contribution in [3.05, 3.63) is 69.6 Å². The SMILES string of the molecule is [C-]#[N+]CCOP(OC[C@H]1O[C@@H](n2cc(C)c(NC(=O)c3ccccc3)nc2=O)[C@H](O[Si](C)(C)C(C)(C)C)[C@@H]1C)N(C(C)C)C(C)C. The molecule has 1 amide bonds. The first-order valence-electron chi connectivity index (χ1n) is 15.9. The topological polar surface area (TPSA) is 109 Å². The largest absolute Gasteiger partial charge is 0.409 e. The Morgan fingerprint density at radius 2 is 1.80 bits per heavy atom. The molecule has 2 aromatic rings. The molecule has 1 aliphatic heterocycles. The molecular weight excluding hydrogens is 621 g/mol. The molecule has 1 aliphatic rings. The third kappa shape index (κ3) is 9.31. The van der Waals surface area contributed by atoms with Crippen molar-refractivity contribution in [2.45, 2.75) is 111 Å². The molecule has 5 atom stereocenters. The second-order valence-electron chi connectivity index (χ2n) is 13.9. The summed E-state index contributed by atoms with van der Waals surface area (Å²) >= 11 is 0. The third-order valence-electron chi connectivity index (χ3n) is 8.61. The lowest BCUT2D eigenvalue weighted by molar-refractivity contribution is -0.0492. The van der Waals surface area contributed by atoms with Crippen LogP contribution in [-0.2, 0) is 18.2 Å². The minimum atomic E-state index is -2.30. The number of aromatic nitrogens is 2. The minimum Gasteiger partial charge on any atom is -0.409 e. The molecule has 46 heavy (non-hydrogen) atoms. The molecule has 0 spiro atoms. The van der Waals surface area contributed by atoms with Crippen molar-refractivity contribution < 1.29 is 23.0 Å². The Kier molecular flexibility index (Phi) is 13.3. The Morgan fingerprint density at radius 3 is 2.37 bits per heavy atom. The highest BCUT2D eigenvalue weighted by atomic mass is 31.2. The zero-order valence-electron chi connectivity index (χ0n) is 29.2. The van der Waals surface area contributed by atoms with Crippen LogP contribution in [0.2, 0.25) is 18.1 Å². The molecule has 11 nitrogen and oxygen atoms in total. The van der Waals surface area contributed by atoms with Gasteiger partial charge in [-0.1, -0.05) is 45.9 Å². The number of anilines is 1. The summed E-state index contributed by atoms with van der Waals surface area (Å²) in [5, 5.41) is 2.70. The zero-order valence-corrected chi connectivity index (χ0v) is 31.1. The van der Waals surface area contributed by atoms with Crippen LogP contribution in [0.25, 0.3) is 4.85 Å². The monoisotopic (exact) mass is 673 g/mol. The molecular formula is C33H52N5O6PSi. The average molecular weight is 674 g/mol. The van der Waals surface area contributed by atoms with E-state index >= 15 is 0 Å². The molecule has 1 saturated heterocycles. The molecule has 0 bridgehead atoms. The van der Waals surface area contributed by atoms with Gasteiger partial charge in [0.25, 0.3) is 14.4 Å². The molecule has 1 unspecified atom stereocenters. The minimum absolute atomic E-state index is 0.0728. The molecule has 0 radical (unpaired) electrons. The zero-order chi connectivity index (χ0) is 34.4. The maximum atomic E-state index is 13.6. The van der Waals surface area contributed by atoms with Crippen molar-refractivity contribution in [1.82, 2.24) is 14.2 Å². The number of hydrogen-bond acceptors (Lipinski definition) is 8. The van der Waals surface area contributed by atoms with Crippen molar-refractivity contribution in [3.63, 3.8) is 0 Å². The maximum Gasteiger partial charge on any atom is 0.351 e. The smallest absolute Gasteiger partial charge is 0.351 e. The van der Waals surface area contributed by atoms with Crippen LogP contribution in [0.15, 0.2) is 41.3 Å². The summed E-state index contributed by atoms with van der Waals surface area (Å²) in [7, 11) is -3.77. The molecule has 0 saturated carbocycles. The van der Waals surface area contributed by atoms with Gasteiger partial charge in [0.2, 0.25) is 6.54 Å². The molecule has 3 rings (SSSR count). The third-order valence-corrected chi connectivity index (χ3v) is 15.2. The summed E-state index contributed by atoms with van der Waals surface area (Å²) in [4.78, 5) is 34.1. The number of ether oxygens (including phenoxy) is 1. The van der Waals surface area contributed by atoms with Crippen LogP contribution in [-0.4, -0.2) is 72.5 Å². The fourth-order valence-electron chi connectivity index (χ4n) is 5.04. The van der Waals surface area contributed by atoms with Gasteiger partial charge in [0.05, 0.1) is 18.8 Å². The Morgan fingerprint density at radius 1 is 1.17 bits per heavy atom. The quantitative estimate of drug-likeness (QED) is 0.0986. The van der Waals surface area contributed by atoms with Crippen LogP contribution in [0.5, 0.6) is 0 Å². The normalized spacial score (nSPS) is 21.2. The number of hydrogen-bond donors (Lipinski definition) is 1. The van der Waals surface area contributed by atoms with E-state index in [2.05, 4.69) is 88.3 Å². The molecule has 1 aromatic carbocycles. The van der Waals surface area contributed by atoms with Crippen LogP contribution in [0, 0.1) is 19.4 Å². The van der Waals surface area contributed by atoms with Crippen molar-refractivity contribution in [1.29, 1.82) is 0 Å². The molecule has 1 N–H and O–H groups in total. The summed E-state index contributed by atoms with van der Waals surface area (Å²) in [6.07, 6.45) is 0.0766. The maximum absolute atomic E-state index is 13.6. The van der Waals surface area contributed by atoms with Crippen LogP contribution < -0.4 is 11.0 Å². The van der Waals surface area contributed by atoms with Gasteiger partial charge in [0, 0.05) is 35.3 Å². The Hall–Kier alpha value is -2.49. The van der Waals surface area contributed by atoms with Gasteiger partial charge in [-0.2, -0.15) is 4.98 Å². The predicted octanol–water partition coefficient (Wildman–Crippen LogP) is 7.03. The van der Waals surface area contributed by atoms with Gasteiger partial charge in [-0.05, 0) is 64.9 Å². The highest BCUT2D eigenvalue weighted by molar-refractivity contribution is 7.44. The van der Waals surface area contributed by atoms with Crippen LogP contribution >= 0.6 is 8.53 Å². The molecule has 0 aliphatic carbocycles. The summed E-state index contributed by atoms with van der Waals surface area (Å²) in [6.45, 7) is 31.1. The van der Waals surface area contributed by atoms with Crippen LogP contribution in [0.3, 0.4) is 0 Å². The number of rotatable bonds is 14. The van der Waals surface area contributed by atoms with Gasteiger partial charge in [0.15, 0.2) is 14.5 Å². The number of nitrogens with one attached hydrogen (secondary N) is 1. The summed E-state index contributed by atoms with van der Waals surface area (Å²) in [5.41, 5.74) is 0.539. The van der Waals surface area contributed by atoms with E-state index in [9.17, 15) is 9.59 Å². The number of carbonyl (C=O) groups is 1. The number of carbonyl (C=O) groups excluding carboxylic acids is 1. The van der Waals surface area contributed by atoms with E-state index in [4.69, 9.17) is 24.8 Å². The molecule has 2 heterocycles. The summed E-state index contributed by atoms with van der Waals surface area (Å²) < 4.78 is 29.8. The van der Waals surface area contributed by atoms with Crippen LogP contribution in [0.1, 0.15) is 77.5 Å². The van der Waals surface area contributed by atoms with Crippen molar-refractivity contribution in [2.24, 2.45) is 5.92 Å². The molecule has 1 aromatic heterocycles. The number of amides is 1. The van der Waals surface area contributed by atoms with E-state index in [1.807, 2.05) is 6.07 Å². The second kappa shape index (κ2) is 16.1. The fourth-order valence-corrected chi connectivity index (χ4v) is 8.01. The number of benzene rings is 1. The Balaban J connectivity index is 1.93. The van der Waals surface area contributed by atoms with E-state index in [0.717, 1.165) is 0 Å². The van der Waals surface area contributed by atoms with E-state index in [1.165, 1.54) is 4.57 Å². The highest BCUT2D eigenvalue weighted by Gasteiger charge is 2.50. The van der Waals surface area contributed by atoms with Gasteiger partial charge in [0.1, 0.15) is 12.4 Å². The average Bonchev–Trinajstić information content (AvgIpc) is 3.26. The lowest BCUT2D eigenvalue weighted by atomic mass is 10.0. The fraction of sp³-hybridized carbons (Fsp3) is 0.636. The first-order valence-corrected chi connectivity index (χ1v) is 20.0. The van der Waals surface area contributed by atoms with Gasteiger partial charge in [-0.25, -0.2) is 16.0 Å². The second-order valence-corrected chi connectivity index (χ2v) is 20.1. The van der Waals surface area contributed by atoms with E-state index in [0.29, 0.717) is 11.1 Å². The molecule has 13 heteroatoms. The molecule has 1 fully saturated rings. The summed E-state index contributed by atoms with van der Waals surface area (Å²) in [5.74, 6) is -0.273. The van der Waals surface area contributed by atoms with Crippen LogP contribution in [0.4, 0.5) is 5.82 Å². The van der Waals surface area contributed by atoms with Crippen molar-refractivity contribution in [3.8, 4) is 0 Å². The highest BCUT2D eigenvalue weighted by Crippen LogP contribution is 2.48. The first-order chi connectivity index (χ1) is 21.5. The van der Waals surface area contributed by atoms with E-state index in [1.54, 1.807) is 37.4 Å². The number of aryl methyl sites for hydroxylation is 1.